The van der Waals surface area contributed by atoms with E-state index in [9.17, 15) is 9.59 Å². The van der Waals surface area contributed by atoms with Gasteiger partial charge < -0.3 is 9.64 Å². The molecule has 1 spiro atoms. The number of ether oxygens (including phenoxy) is 1. The van der Waals surface area contributed by atoms with Crippen LogP contribution in [0.5, 0.6) is 5.75 Å². The highest BCUT2D eigenvalue weighted by Crippen LogP contribution is 2.50. The Bertz CT molecular complexity index is 1290. The van der Waals surface area contributed by atoms with Gasteiger partial charge in [-0.15, -0.1) is 0 Å². The third-order valence-electron chi connectivity index (χ3n) is 6.52. The molecular formula is C22H23Cl2N5O3. The lowest BCUT2D eigenvalue weighted by Crippen LogP contribution is -2.64. The molecule has 8 nitrogen and oxygen atoms in total. The topological polar surface area (TPSA) is 93.1 Å². The first-order valence-electron chi connectivity index (χ1n) is 10.6. The molecule has 2 aliphatic rings. The van der Waals surface area contributed by atoms with Gasteiger partial charge in [0.1, 0.15) is 10.8 Å². The lowest BCUT2D eigenvalue weighted by atomic mass is 9.61. The predicted molar refractivity (Wildman–Crippen MR) is 123 cm³/mol. The first kappa shape index (κ1) is 21.4. The fourth-order valence-electron chi connectivity index (χ4n) is 5.00. The van der Waals surface area contributed by atoms with E-state index in [2.05, 4.69) is 20.2 Å². The van der Waals surface area contributed by atoms with E-state index >= 15 is 0 Å². The van der Waals surface area contributed by atoms with Gasteiger partial charge in [0.15, 0.2) is 5.15 Å². The van der Waals surface area contributed by atoms with Gasteiger partial charge in [0, 0.05) is 25.6 Å². The number of aryl methyl sites for hydroxylation is 2. The highest BCUT2D eigenvalue weighted by molar-refractivity contribution is 6.34. The van der Waals surface area contributed by atoms with Gasteiger partial charge in [-0.25, -0.2) is 9.78 Å². The van der Waals surface area contributed by atoms with Crippen LogP contribution in [-0.4, -0.2) is 50.6 Å². The molecule has 0 bridgehead atoms. The lowest BCUT2D eigenvalue weighted by molar-refractivity contribution is -0.118. The zero-order chi connectivity index (χ0) is 22.5. The zero-order valence-corrected chi connectivity index (χ0v) is 19.1. The summed E-state index contributed by atoms with van der Waals surface area (Å²) in [6.45, 7) is 3.06. The summed E-state index contributed by atoms with van der Waals surface area (Å²) in [4.78, 5) is 26.3. The highest BCUT2D eigenvalue weighted by Gasteiger charge is 2.53. The molecule has 1 aliphatic heterocycles. The minimum absolute atomic E-state index is 0.115. The van der Waals surface area contributed by atoms with Crippen molar-refractivity contribution in [2.45, 2.75) is 31.8 Å². The van der Waals surface area contributed by atoms with Crippen molar-refractivity contribution < 1.29 is 4.74 Å². The van der Waals surface area contributed by atoms with Gasteiger partial charge in [0.05, 0.1) is 23.1 Å². The molecule has 3 heterocycles. The number of benzene rings is 1. The second kappa shape index (κ2) is 8.17. The minimum Gasteiger partial charge on any atom is -0.490 e. The standard InChI is InChI=1S/C22H23Cl2N5O3/c1-28-21(31)15-5-2-6-16(17(15)19(24)27-28)32-14-8-22(9-14)11-29(12-22)7-3-4-13-10-25-26-20(30)18(13)23/h2,5-6,10,14H,3-4,7-9,11-12H2,1H3,(H,26,30). The quantitative estimate of drug-likeness (QED) is 0.588. The molecule has 3 aromatic rings. The number of fused-ring (bicyclic) bond motifs is 1. The van der Waals surface area contributed by atoms with Crippen molar-refractivity contribution in [1.29, 1.82) is 0 Å². The van der Waals surface area contributed by atoms with Crippen molar-refractivity contribution in [1.82, 2.24) is 24.9 Å². The molecule has 2 fully saturated rings. The second-order valence-corrected chi connectivity index (χ2v) is 9.63. The maximum Gasteiger partial charge on any atom is 0.283 e. The van der Waals surface area contributed by atoms with Crippen molar-refractivity contribution in [2.24, 2.45) is 12.5 Å². The van der Waals surface area contributed by atoms with Gasteiger partial charge in [-0.3, -0.25) is 9.59 Å². The molecular weight excluding hydrogens is 453 g/mol. The van der Waals surface area contributed by atoms with Crippen LogP contribution in [0.1, 0.15) is 24.8 Å². The molecule has 0 atom stereocenters. The van der Waals surface area contributed by atoms with Crippen LogP contribution in [0.4, 0.5) is 0 Å². The van der Waals surface area contributed by atoms with E-state index in [0.717, 1.165) is 50.9 Å². The second-order valence-electron chi connectivity index (χ2n) is 8.90. The van der Waals surface area contributed by atoms with Crippen molar-refractivity contribution in [3.8, 4) is 5.75 Å². The first-order valence-corrected chi connectivity index (χ1v) is 11.4. The number of aromatic nitrogens is 4. The van der Waals surface area contributed by atoms with Gasteiger partial charge in [0.25, 0.3) is 11.1 Å². The molecule has 5 rings (SSSR count). The average molecular weight is 476 g/mol. The summed E-state index contributed by atoms with van der Waals surface area (Å²) in [5, 5.41) is 11.9. The molecule has 2 aromatic heterocycles. The van der Waals surface area contributed by atoms with E-state index < -0.39 is 0 Å². The summed E-state index contributed by atoms with van der Waals surface area (Å²) >= 11 is 12.4. The predicted octanol–water partition coefficient (Wildman–Crippen LogP) is 2.80. The Labute approximate surface area is 194 Å². The summed E-state index contributed by atoms with van der Waals surface area (Å²) in [6.07, 6.45) is 5.38. The van der Waals surface area contributed by atoms with Crippen LogP contribution in [-0.2, 0) is 13.5 Å². The third kappa shape index (κ3) is 3.80. The van der Waals surface area contributed by atoms with E-state index in [0.29, 0.717) is 21.9 Å². The van der Waals surface area contributed by atoms with Crippen LogP contribution in [0.2, 0.25) is 10.2 Å². The third-order valence-corrected chi connectivity index (χ3v) is 7.19. The van der Waals surface area contributed by atoms with Crippen LogP contribution in [0.15, 0.2) is 34.0 Å². The molecule has 0 radical (unpaired) electrons. The van der Waals surface area contributed by atoms with Crippen LogP contribution >= 0.6 is 23.2 Å². The Morgan fingerprint density at radius 2 is 2.03 bits per heavy atom. The number of hydrogen-bond donors (Lipinski definition) is 1. The smallest absolute Gasteiger partial charge is 0.283 e. The fraction of sp³-hybridized carbons (Fsp3) is 0.455. The SMILES string of the molecule is Cn1nc(Cl)c2c(OC3CC4(C3)CN(CCCc3cn[nH]c(=O)c3Cl)C4)cccc2c1=O. The molecule has 0 amide bonds. The maximum atomic E-state index is 12.4. The van der Waals surface area contributed by atoms with Crippen LogP contribution in [0.3, 0.4) is 0 Å². The Kier molecular flexibility index (Phi) is 5.47. The number of nitrogens with zero attached hydrogens (tertiary/aromatic N) is 4. The zero-order valence-electron chi connectivity index (χ0n) is 17.6. The number of H-pyrrole nitrogens is 1. The molecule has 10 heteroatoms. The molecule has 32 heavy (non-hydrogen) atoms. The van der Waals surface area contributed by atoms with Crippen LogP contribution in [0, 0.1) is 5.41 Å². The molecule has 168 valence electrons. The van der Waals surface area contributed by atoms with E-state index in [1.54, 1.807) is 19.3 Å². The van der Waals surface area contributed by atoms with E-state index in [1.807, 2.05) is 12.1 Å². The Hall–Kier alpha value is -2.42. The van der Waals surface area contributed by atoms with Gasteiger partial charge in [-0.1, -0.05) is 29.3 Å². The first-order chi connectivity index (χ1) is 15.3. The molecule has 1 aliphatic carbocycles. The summed E-state index contributed by atoms with van der Waals surface area (Å²) < 4.78 is 7.47. The maximum absolute atomic E-state index is 12.4. The monoisotopic (exact) mass is 475 g/mol. The number of rotatable bonds is 6. The lowest BCUT2D eigenvalue weighted by Gasteiger charge is -2.58. The normalized spacial score (nSPS) is 18.0. The highest BCUT2D eigenvalue weighted by atomic mass is 35.5. The van der Waals surface area contributed by atoms with Crippen molar-refractivity contribution in [2.75, 3.05) is 19.6 Å². The van der Waals surface area contributed by atoms with Crippen LogP contribution in [0.25, 0.3) is 10.8 Å². The summed E-state index contributed by atoms with van der Waals surface area (Å²) in [6, 6.07) is 5.41. The number of likely N-dealkylation sites (tertiary alicyclic amines) is 1. The van der Waals surface area contributed by atoms with Crippen molar-refractivity contribution in [3.05, 3.63) is 60.8 Å². The summed E-state index contributed by atoms with van der Waals surface area (Å²) in [5.41, 5.74) is 0.583. The number of aromatic amines is 1. The largest absolute Gasteiger partial charge is 0.490 e. The molecule has 1 saturated heterocycles. The van der Waals surface area contributed by atoms with E-state index in [4.69, 9.17) is 27.9 Å². The fourth-order valence-corrected chi connectivity index (χ4v) is 5.49. The summed E-state index contributed by atoms with van der Waals surface area (Å²) in [7, 11) is 1.59. The number of nitrogens with one attached hydrogen (secondary N) is 1. The van der Waals surface area contributed by atoms with Crippen molar-refractivity contribution >= 4 is 34.0 Å². The van der Waals surface area contributed by atoms with Crippen LogP contribution < -0.4 is 15.9 Å². The van der Waals surface area contributed by atoms with E-state index in [-0.39, 0.29) is 27.4 Å². The van der Waals surface area contributed by atoms with E-state index in [1.165, 1.54) is 4.68 Å². The van der Waals surface area contributed by atoms with Gasteiger partial charge in [0.2, 0.25) is 0 Å². The van der Waals surface area contributed by atoms with Crippen molar-refractivity contribution in [3.63, 3.8) is 0 Å². The average Bonchev–Trinajstić information content (AvgIpc) is 2.71. The molecule has 1 aromatic carbocycles. The van der Waals surface area contributed by atoms with Gasteiger partial charge in [-0.2, -0.15) is 10.2 Å². The van der Waals surface area contributed by atoms with Gasteiger partial charge in [-0.05, 0) is 49.9 Å². The molecule has 0 unspecified atom stereocenters. The molecule has 1 saturated carbocycles. The van der Waals surface area contributed by atoms with Gasteiger partial charge >= 0.3 is 0 Å². The number of hydrogen-bond acceptors (Lipinski definition) is 6. The number of halogens is 2. The Balaban J connectivity index is 1.14. The Morgan fingerprint density at radius 3 is 2.81 bits per heavy atom. The molecule has 1 N–H and O–H groups in total. The Morgan fingerprint density at radius 1 is 1.25 bits per heavy atom. The minimum atomic E-state index is -0.337. The summed E-state index contributed by atoms with van der Waals surface area (Å²) in [5.74, 6) is 0.622.